The molecule has 2 aromatic rings. The Hall–Kier alpha value is -1.85. The van der Waals surface area contributed by atoms with Gasteiger partial charge in [-0.05, 0) is 55.0 Å². The third-order valence-corrected chi connectivity index (χ3v) is 5.43. The van der Waals surface area contributed by atoms with Gasteiger partial charge in [0.1, 0.15) is 11.4 Å². The molecule has 3 rings (SSSR count). The van der Waals surface area contributed by atoms with Crippen molar-refractivity contribution in [1.82, 2.24) is 5.32 Å². The Balaban J connectivity index is 1.62. The highest BCUT2D eigenvalue weighted by Gasteiger charge is 2.32. The Bertz CT molecular complexity index is 691. The van der Waals surface area contributed by atoms with Crippen LogP contribution < -0.4 is 10.1 Å². The summed E-state index contributed by atoms with van der Waals surface area (Å²) in [6.07, 6.45) is 0.0500. The van der Waals surface area contributed by atoms with Gasteiger partial charge in [0, 0.05) is 11.3 Å². The lowest BCUT2D eigenvalue weighted by atomic mass is 10.0. The Kier molecular flexibility index (Phi) is 4.17. The highest BCUT2D eigenvalue weighted by atomic mass is 32.1. The molecular formula is C18H21NO3S. The number of hydrogen-bond donors (Lipinski definition) is 2. The van der Waals surface area contributed by atoms with Crippen LogP contribution in [0, 0.1) is 13.8 Å². The Morgan fingerprint density at radius 1 is 1.43 bits per heavy atom. The van der Waals surface area contributed by atoms with Crippen molar-refractivity contribution >= 4 is 17.2 Å². The van der Waals surface area contributed by atoms with Crippen LogP contribution in [0.5, 0.6) is 5.75 Å². The molecule has 122 valence electrons. The zero-order valence-electron chi connectivity index (χ0n) is 13.6. The van der Waals surface area contributed by atoms with Gasteiger partial charge in [-0.1, -0.05) is 12.1 Å². The minimum atomic E-state index is -1.07. The van der Waals surface area contributed by atoms with E-state index >= 15 is 0 Å². The normalized spacial score (nSPS) is 18.9. The highest BCUT2D eigenvalue weighted by molar-refractivity contribution is 7.10. The number of aliphatic hydroxyl groups is 1. The molecule has 0 saturated carbocycles. The second-order valence-corrected chi connectivity index (χ2v) is 7.27. The van der Waals surface area contributed by atoms with Crippen LogP contribution in [0.3, 0.4) is 0 Å². The van der Waals surface area contributed by atoms with Gasteiger partial charge < -0.3 is 15.2 Å². The monoisotopic (exact) mass is 331 g/mol. The van der Waals surface area contributed by atoms with Crippen molar-refractivity contribution in [3.63, 3.8) is 0 Å². The van der Waals surface area contributed by atoms with Gasteiger partial charge in [-0.3, -0.25) is 4.79 Å². The van der Waals surface area contributed by atoms with E-state index in [4.69, 9.17) is 4.74 Å². The smallest absolute Gasteiger partial charge is 0.261 e. The summed E-state index contributed by atoms with van der Waals surface area (Å²) in [6, 6.07) is 7.82. The molecule has 0 spiro atoms. The van der Waals surface area contributed by atoms with Crippen LogP contribution in [0.25, 0.3) is 0 Å². The minimum Gasteiger partial charge on any atom is -0.480 e. The molecule has 0 bridgehead atoms. The molecule has 1 aromatic carbocycles. The molecule has 0 aliphatic carbocycles. The van der Waals surface area contributed by atoms with Crippen LogP contribution in [0.2, 0.25) is 0 Å². The highest BCUT2D eigenvalue weighted by Crippen LogP contribution is 2.31. The average Bonchev–Trinajstić information content (AvgIpc) is 3.15. The number of hydrogen-bond acceptors (Lipinski definition) is 4. The quantitative estimate of drug-likeness (QED) is 0.906. The maximum atomic E-state index is 12.4. The average molecular weight is 331 g/mol. The van der Waals surface area contributed by atoms with Crippen molar-refractivity contribution in [2.75, 3.05) is 6.54 Å². The number of amides is 1. The molecular weight excluding hydrogens is 310 g/mol. The van der Waals surface area contributed by atoms with Gasteiger partial charge in [0.25, 0.3) is 5.91 Å². The zero-order chi connectivity index (χ0) is 16.6. The molecule has 23 heavy (non-hydrogen) atoms. The maximum absolute atomic E-state index is 12.4. The van der Waals surface area contributed by atoms with E-state index in [1.165, 1.54) is 16.9 Å². The Labute approximate surface area is 140 Å². The SMILES string of the molecule is Cc1cc2c(cc1C)OC(C(=O)NCC(C)(O)c1cccs1)C2. The number of benzene rings is 1. The molecule has 1 amide bonds. The van der Waals surface area contributed by atoms with Gasteiger partial charge in [-0.25, -0.2) is 0 Å². The van der Waals surface area contributed by atoms with Crippen LogP contribution >= 0.6 is 11.3 Å². The number of carbonyl (C=O) groups is 1. The van der Waals surface area contributed by atoms with E-state index in [2.05, 4.69) is 18.3 Å². The Morgan fingerprint density at radius 3 is 2.87 bits per heavy atom. The van der Waals surface area contributed by atoms with Gasteiger partial charge in [-0.2, -0.15) is 0 Å². The van der Waals surface area contributed by atoms with Gasteiger partial charge in [0.15, 0.2) is 6.10 Å². The van der Waals surface area contributed by atoms with Crippen molar-refractivity contribution in [2.45, 2.75) is 38.9 Å². The summed E-state index contributed by atoms with van der Waals surface area (Å²) in [7, 11) is 0. The van der Waals surface area contributed by atoms with Crippen molar-refractivity contribution in [3.8, 4) is 5.75 Å². The largest absolute Gasteiger partial charge is 0.480 e. The van der Waals surface area contributed by atoms with E-state index in [0.717, 1.165) is 21.8 Å². The summed E-state index contributed by atoms with van der Waals surface area (Å²) < 4.78 is 5.77. The van der Waals surface area contributed by atoms with E-state index in [0.29, 0.717) is 6.42 Å². The molecule has 1 aliphatic rings. The second kappa shape index (κ2) is 5.98. The lowest BCUT2D eigenvalue weighted by Crippen LogP contribution is -2.44. The summed E-state index contributed by atoms with van der Waals surface area (Å²) in [5.74, 6) is 0.603. The summed E-state index contributed by atoms with van der Waals surface area (Å²) in [4.78, 5) is 13.2. The van der Waals surface area contributed by atoms with E-state index < -0.39 is 11.7 Å². The molecule has 2 unspecified atom stereocenters. The van der Waals surface area contributed by atoms with Crippen LogP contribution in [0.1, 0.15) is 28.5 Å². The first kappa shape index (κ1) is 16.0. The fraction of sp³-hybridized carbons (Fsp3) is 0.389. The topological polar surface area (TPSA) is 58.6 Å². The predicted molar refractivity (Wildman–Crippen MR) is 90.9 cm³/mol. The van der Waals surface area contributed by atoms with Crippen molar-refractivity contribution in [2.24, 2.45) is 0 Å². The van der Waals surface area contributed by atoms with Crippen molar-refractivity contribution in [1.29, 1.82) is 0 Å². The first-order chi connectivity index (χ1) is 10.9. The summed E-state index contributed by atoms with van der Waals surface area (Å²) in [5, 5.41) is 15.2. The molecule has 2 atom stereocenters. The van der Waals surface area contributed by atoms with E-state index in [1.807, 2.05) is 30.5 Å². The zero-order valence-corrected chi connectivity index (χ0v) is 14.4. The van der Waals surface area contributed by atoms with E-state index in [1.54, 1.807) is 6.92 Å². The van der Waals surface area contributed by atoms with Crippen LogP contribution in [-0.2, 0) is 16.8 Å². The number of thiophene rings is 1. The molecule has 0 radical (unpaired) electrons. The van der Waals surface area contributed by atoms with Crippen LogP contribution in [0.4, 0.5) is 0 Å². The summed E-state index contributed by atoms with van der Waals surface area (Å²) >= 11 is 1.47. The number of fused-ring (bicyclic) bond motifs is 1. The summed E-state index contributed by atoms with van der Waals surface area (Å²) in [5.41, 5.74) is 2.36. The van der Waals surface area contributed by atoms with Crippen molar-refractivity contribution < 1.29 is 14.6 Å². The van der Waals surface area contributed by atoms with Gasteiger partial charge in [0.05, 0.1) is 6.54 Å². The second-order valence-electron chi connectivity index (χ2n) is 6.32. The third kappa shape index (κ3) is 3.26. The number of ether oxygens (including phenoxy) is 1. The van der Waals surface area contributed by atoms with Crippen LogP contribution in [-0.4, -0.2) is 23.7 Å². The molecule has 1 aliphatic heterocycles. The first-order valence-electron chi connectivity index (χ1n) is 7.68. The molecule has 4 nitrogen and oxygen atoms in total. The molecule has 1 aromatic heterocycles. The maximum Gasteiger partial charge on any atom is 0.261 e. The number of carbonyl (C=O) groups excluding carboxylic acids is 1. The number of rotatable bonds is 4. The minimum absolute atomic E-state index is 0.167. The fourth-order valence-corrected chi connectivity index (χ4v) is 3.49. The molecule has 0 saturated heterocycles. The molecule has 2 N–H and O–H groups in total. The third-order valence-electron chi connectivity index (χ3n) is 4.30. The van der Waals surface area contributed by atoms with E-state index in [9.17, 15) is 9.90 Å². The Morgan fingerprint density at radius 2 is 2.17 bits per heavy atom. The molecule has 2 heterocycles. The predicted octanol–water partition coefficient (Wildman–Crippen LogP) is 2.69. The van der Waals surface area contributed by atoms with Gasteiger partial charge in [-0.15, -0.1) is 11.3 Å². The first-order valence-corrected chi connectivity index (χ1v) is 8.55. The number of nitrogens with one attached hydrogen (secondary N) is 1. The lowest BCUT2D eigenvalue weighted by Gasteiger charge is -2.23. The van der Waals surface area contributed by atoms with Crippen LogP contribution in [0.15, 0.2) is 29.6 Å². The lowest BCUT2D eigenvalue weighted by molar-refractivity contribution is -0.128. The fourth-order valence-electron chi connectivity index (χ4n) is 2.70. The molecule has 5 heteroatoms. The standard InChI is InChI=1S/C18H21NO3S/c1-11-7-13-9-15(22-14(13)8-12(11)2)17(20)19-10-18(3,21)16-5-4-6-23-16/h4-8,15,21H,9-10H2,1-3H3,(H,19,20). The van der Waals surface area contributed by atoms with Gasteiger partial charge in [0.2, 0.25) is 0 Å². The van der Waals surface area contributed by atoms with E-state index in [-0.39, 0.29) is 12.5 Å². The van der Waals surface area contributed by atoms with Gasteiger partial charge >= 0.3 is 0 Å². The number of aryl methyl sites for hydroxylation is 2. The molecule has 0 fully saturated rings. The summed E-state index contributed by atoms with van der Waals surface area (Å²) in [6.45, 7) is 5.96. The van der Waals surface area contributed by atoms with Crippen molar-refractivity contribution in [3.05, 3.63) is 51.2 Å².